The molecule has 1 fully saturated rings. The maximum absolute atomic E-state index is 5.59. The van der Waals surface area contributed by atoms with Gasteiger partial charge in [0.05, 0.1) is 12.1 Å². The number of hydrogen-bond acceptors (Lipinski definition) is 7. The first kappa shape index (κ1) is 15.9. The Kier molecular flexibility index (Phi) is 3.81. The second-order valence-electron chi connectivity index (χ2n) is 6.84. The summed E-state index contributed by atoms with van der Waals surface area (Å²) in [5, 5.41) is 8.57. The number of pyridine rings is 1. The van der Waals surface area contributed by atoms with E-state index in [0.717, 1.165) is 48.7 Å². The van der Waals surface area contributed by atoms with E-state index in [1.165, 1.54) is 0 Å². The molecule has 8 heteroatoms. The lowest BCUT2D eigenvalue weighted by Crippen LogP contribution is -2.36. The third-order valence-electron chi connectivity index (χ3n) is 4.92. The van der Waals surface area contributed by atoms with Crippen molar-refractivity contribution in [3.8, 4) is 11.4 Å². The molecule has 5 heterocycles. The highest BCUT2D eigenvalue weighted by Gasteiger charge is 2.28. The lowest BCUT2D eigenvalue weighted by atomic mass is 9.98. The molecule has 8 nitrogen and oxygen atoms in total. The molecule has 1 saturated heterocycles. The zero-order chi connectivity index (χ0) is 18.2. The summed E-state index contributed by atoms with van der Waals surface area (Å²) in [5.74, 6) is 2.51. The fraction of sp³-hybridized carbons (Fsp3) is 0.316. The largest absolute Gasteiger partial charge is 0.356 e. The number of aryl methyl sites for hydroxylation is 1. The van der Waals surface area contributed by atoms with Gasteiger partial charge in [0.1, 0.15) is 5.82 Å². The quantitative estimate of drug-likeness (QED) is 0.554. The lowest BCUT2D eigenvalue weighted by molar-refractivity contribution is 0.333. The molecule has 1 aliphatic heterocycles. The monoisotopic (exact) mass is 361 g/mol. The van der Waals surface area contributed by atoms with Crippen LogP contribution in [-0.2, 0) is 0 Å². The van der Waals surface area contributed by atoms with E-state index in [4.69, 9.17) is 4.52 Å². The van der Waals surface area contributed by atoms with Crippen molar-refractivity contribution in [2.45, 2.75) is 25.7 Å². The summed E-state index contributed by atoms with van der Waals surface area (Å²) in [5.41, 5.74) is 2.71. The van der Waals surface area contributed by atoms with Crippen LogP contribution in [0.1, 0.15) is 30.3 Å². The SMILES string of the molecule is Cc1cc(N2CCC[C@@H](c3nc(-c4cccnc4)no3)C2)n2nccc2n1. The third kappa shape index (κ3) is 2.92. The molecule has 1 aliphatic rings. The third-order valence-corrected chi connectivity index (χ3v) is 4.92. The van der Waals surface area contributed by atoms with Gasteiger partial charge in [-0.15, -0.1) is 0 Å². The molecule has 4 aromatic rings. The van der Waals surface area contributed by atoms with Gasteiger partial charge in [-0.05, 0) is 31.9 Å². The molecule has 0 aliphatic carbocycles. The van der Waals surface area contributed by atoms with Crippen LogP contribution in [0.2, 0.25) is 0 Å². The molecule has 0 N–H and O–H groups in total. The Morgan fingerprint density at radius 3 is 3.04 bits per heavy atom. The Morgan fingerprint density at radius 2 is 2.15 bits per heavy atom. The van der Waals surface area contributed by atoms with Crippen molar-refractivity contribution in [1.29, 1.82) is 0 Å². The molecule has 4 aromatic heterocycles. The maximum Gasteiger partial charge on any atom is 0.231 e. The van der Waals surface area contributed by atoms with Crippen molar-refractivity contribution < 1.29 is 4.52 Å². The number of hydrogen-bond donors (Lipinski definition) is 0. The molecular formula is C19H19N7O. The molecule has 0 amide bonds. The molecule has 5 rings (SSSR count). The van der Waals surface area contributed by atoms with Crippen molar-refractivity contribution in [3.63, 3.8) is 0 Å². The Balaban J connectivity index is 1.43. The van der Waals surface area contributed by atoms with Gasteiger partial charge in [0, 0.05) is 48.9 Å². The van der Waals surface area contributed by atoms with Crippen LogP contribution in [0.4, 0.5) is 5.82 Å². The molecule has 0 bridgehead atoms. The lowest BCUT2D eigenvalue weighted by Gasteiger charge is -2.32. The second-order valence-corrected chi connectivity index (χ2v) is 6.84. The van der Waals surface area contributed by atoms with E-state index in [2.05, 4.69) is 36.2 Å². The molecule has 0 unspecified atom stereocenters. The van der Waals surface area contributed by atoms with Crippen LogP contribution in [0, 0.1) is 6.92 Å². The van der Waals surface area contributed by atoms with Gasteiger partial charge in [-0.1, -0.05) is 5.16 Å². The van der Waals surface area contributed by atoms with Crippen molar-refractivity contribution in [1.82, 2.24) is 29.7 Å². The minimum atomic E-state index is 0.191. The van der Waals surface area contributed by atoms with E-state index in [1.54, 1.807) is 18.6 Å². The Bertz CT molecular complexity index is 1070. The highest BCUT2D eigenvalue weighted by molar-refractivity contribution is 5.53. The predicted molar refractivity (Wildman–Crippen MR) is 99.4 cm³/mol. The fourth-order valence-electron chi connectivity index (χ4n) is 3.64. The molecule has 1 atom stereocenters. The van der Waals surface area contributed by atoms with Crippen LogP contribution in [0.25, 0.3) is 17.0 Å². The summed E-state index contributed by atoms with van der Waals surface area (Å²) in [6, 6.07) is 7.81. The second kappa shape index (κ2) is 6.46. The number of rotatable bonds is 3. The van der Waals surface area contributed by atoms with Gasteiger partial charge in [-0.2, -0.15) is 14.6 Å². The van der Waals surface area contributed by atoms with Gasteiger partial charge in [0.25, 0.3) is 0 Å². The average Bonchev–Trinajstić information content (AvgIpc) is 3.38. The van der Waals surface area contributed by atoms with Crippen LogP contribution in [0.5, 0.6) is 0 Å². The minimum absolute atomic E-state index is 0.191. The van der Waals surface area contributed by atoms with Gasteiger partial charge in [-0.25, -0.2) is 4.98 Å². The number of piperidine rings is 1. The topological polar surface area (TPSA) is 85.2 Å². The van der Waals surface area contributed by atoms with Crippen molar-refractivity contribution >= 4 is 11.5 Å². The summed E-state index contributed by atoms with van der Waals surface area (Å²) in [7, 11) is 0. The van der Waals surface area contributed by atoms with Gasteiger partial charge >= 0.3 is 0 Å². The summed E-state index contributed by atoms with van der Waals surface area (Å²) >= 11 is 0. The highest BCUT2D eigenvalue weighted by Crippen LogP contribution is 2.30. The van der Waals surface area contributed by atoms with Gasteiger partial charge in [-0.3, -0.25) is 4.98 Å². The van der Waals surface area contributed by atoms with E-state index in [9.17, 15) is 0 Å². The van der Waals surface area contributed by atoms with Crippen molar-refractivity contribution in [3.05, 3.63) is 54.4 Å². The summed E-state index contributed by atoms with van der Waals surface area (Å²) < 4.78 is 7.48. The summed E-state index contributed by atoms with van der Waals surface area (Å²) in [6.45, 7) is 3.79. The highest BCUT2D eigenvalue weighted by atomic mass is 16.5. The Labute approximate surface area is 155 Å². The van der Waals surface area contributed by atoms with E-state index in [0.29, 0.717) is 11.7 Å². The predicted octanol–water partition coefficient (Wildman–Crippen LogP) is 2.87. The van der Waals surface area contributed by atoms with Crippen molar-refractivity contribution in [2.24, 2.45) is 0 Å². The maximum atomic E-state index is 5.59. The van der Waals surface area contributed by atoms with Crippen LogP contribution >= 0.6 is 0 Å². The molecule has 27 heavy (non-hydrogen) atoms. The zero-order valence-electron chi connectivity index (χ0n) is 15.0. The molecule has 0 saturated carbocycles. The Hall–Kier alpha value is -3.29. The normalized spacial score (nSPS) is 17.5. The van der Waals surface area contributed by atoms with E-state index >= 15 is 0 Å². The number of fused-ring (bicyclic) bond motifs is 1. The molecule has 0 radical (unpaired) electrons. The average molecular weight is 361 g/mol. The Morgan fingerprint density at radius 1 is 1.19 bits per heavy atom. The molecular weight excluding hydrogens is 342 g/mol. The summed E-state index contributed by atoms with van der Waals surface area (Å²) in [6.07, 6.45) is 7.34. The first-order valence-electron chi connectivity index (χ1n) is 9.08. The van der Waals surface area contributed by atoms with Gasteiger partial charge in [0.15, 0.2) is 5.65 Å². The molecule has 0 spiro atoms. The van der Waals surface area contributed by atoms with E-state index < -0.39 is 0 Å². The van der Waals surface area contributed by atoms with Gasteiger partial charge in [0.2, 0.25) is 11.7 Å². The number of anilines is 1. The standard InChI is InChI=1S/C19H19N7O/c1-13-10-17(26-16(22-13)6-8-21-26)25-9-3-5-15(12-25)19-23-18(24-27-19)14-4-2-7-20-11-14/h2,4,6-8,10-11,15H,3,5,9,12H2,1H3/t15-/m1/s1. The zero-order valence-corrected chi connectivity index (χ0v) is 15.0. The van der Waals surface area contributed by atoms with E-state index in [1.807, 2.05) is 29.6 Å². The first-order valence-corrected chi connectivity index (χ1v) is 9.08. The smallest absolute Gasteiger partial charge is 0.231 e. The molecule has 0 aromatic carbocycles. The van der Waals surface area contributed by atoms with Crippen LogP contribution in [0.3, 0.4) is 0 Å². The van der Waals surface area contributed by atoms with E-state index in [-0.39, 0.29) is 5.92 Å². The number of aromatic nitrogens is 6. The number of nitrogens with zero attached hydrogens (tertiary/aromatic N) is 7. The fourth-order valence-corrected chi connectivity index (χ4v) is 3.64. The summed E-state index contributed by atoms with van der Waals surface area (Å²) in [4.78, 5) is 15.6. The first-order chi connectivity index (χ1) is 13.3. The van der Waals surface area contributed by atoms with Crippen LogP contribution in [-0.4, -0.2) is 42.8 Å². The van der Waals surface area contributed by atoms with Crippen LogP contribution in [0.15, 0.2) is 47.4 Å². The van der Waals surface area contributed by atoms with Crippen LogP contribution < -0.4 is 4.90 Å². The molecule has 136 valence electrons. The minimum Gasteiger partial charge on any atom is -0.356 e. The van der Waals surface area contributed by atoms with Gasteiger partial charge < -0.3 is 9.42 Å². The van der Waals surface area contributed by atoms with Crippen molar-refractivity contribution in [2.75, 3.05) is 18.0 Å².